The molecule has 2 aliphatic rings. The molecule has 1 saturated heterocycles. The van der Waals surface area contributed by atoms with Crippen LogP contribution in [-0.4, -0.2) is 63.5 Å². The maximum Gasteiger partial charge on any atom is 0.204 e. The Balaban J connectivity index is 1.40. The van der Waals surface area contributed by atoms with E-state index in [1.54, 1.807) is 7.11 Å². The number of ether oxygens (including phenoxy) is 3. The quantitative estimate of drug-likeness (QED) is 0.365. The molecule has 2 aromatic heterocycles. The van der Waals surface area contributed by atoms with Crippen molar-refractivity contribution in [2.24, 2.45) is 0 Å². The average Bonchev–Trinajstić information content (AvgIpc) is 3.65. The molecular formula is C29H34N6O3. The number of piperidine rings is 1. The van der Waals surface area contributed by atoms with Gasteiger partial charge in [-0.25, -0.2) is 0 Å². The SMILES string of the molecule is COc1cc(C)c2[nH]ccc2c1CN1CC[C@H]2C[C@H]1c1ccc(-c3nn[nH]n3)cc1OCCC/C=C\CO2. The highest BCUT2D eigenvalue weighted by Crippen LogP contribution is 2.41. The number of nitrogens with one attached hydrogen (secondary N) is 2. The smallest absolute Gasteiger partial charge is 0.204 e. The lowest BCUT2D eigenvalue weighted by atomic mass is 9.90. The number of hydrogen-bond acceptors (Lipinski definition) is 7. The molecule has 1 fully saturated rings. The largest absolute Gasteiger partial charge is 0.496 e. The molecule has 4 aromatic rings. The summed E-state index contributed by atoms with van der Waals surface area (Å²) < 4.78 is 18.6. The Hall–Kier alpha value is -3.69. The molecule has 2 aromatic carbocycles. The van der Waals surface area contributed by atoms with Crippen molar-refractivity contribution in [3.05, 3.63) is 65.4 Å². The predicted octanol–water partition coefficient (Wildman–Crippen LogP) is 5.12. The van der Waals surface area contributed by atoms with Crippen LogP contribution in [0.15, 0.2) is 48.7 Å². The number of allylic oxidation sites excluding steroid dienone is 1. The lowest BCUT2D eigenvalue weighted by Crippen LogP contribution is -2.39. The minimum atomic E-state index is 0.118. The maximum absolute atomic E-state index is 6.43. The van der Waals surface area contributed by atoms with E-state index in [-0.39, 0.29) is 12.1 Å². The van der Waals surface area contributed by atoms with Gasteiger partial charge in [-0.3, -0.25) is 4.90 Å². The summed E-state index contributed by atoms with van der Waals surface area (Å²) in [5.41, 5.74) is 5.58. The Morgan fingerprint density at radius 1 is 1.18 bits per heavy atom. The fourth-order valence-electron chi connectivity index (χ4n) is 5.75. The van der Waals surface area contributed by atoms with Crippen LogP contribution in [0.4, 0.5) is 0 Å². The summed E-state index contributed by atoms with van der Waals surface area (Å²) in [6, 6.07) is 10.7. The number of tetrazole rings is 1. The first-order valence-electron chi connectivity index (χ1n) is 13.4. The molecule has 9 heteroatoms. The van der Waals surface area contributed by atoms with E-state index < -0.39 is 0 Å². The number of rotatable bonds is 4. The summed E-state index contributed by atoms with van der Waals surface area (Å²) in [5.74, 6) is 2.35. The molecule has 2 atom stereocenters. The molecule has 4 heterocycles. The minimum Gasteiger partial charge on any atom is -0.496 e. The maximum atomic E-state index is 6.43. The summed E-state index contributed by atoms with van der Waals surface area (Å²) in [6.45, 7) is 5.08. The molecule has 6 rings (SSSR count). The van der Waals surface area contributed by atoms with Crippen molar-refractivity contribution in [1.29, 1.82) is 0 Å². The van der Waals surface area contributed by atoms with Gasteiger partial charge in [0.1, 0.15) is 11.5 Å². The first kappa shape index (κ1) is 24.6. The van der Waals surface area contributed by atoms with E-state index in [0.717, 1.165) is 66.9 Å². The Bertz CT molecular complexity index is 1410. The first-order valence-corrected chi connectivity index (χ1v) is 13.4. The molecule has 2 bridgehead atoms. The molecule has 0 aliphatic carbocycles. The zero-order valence-electron chi connectivity index (χ0n) is 21.9. The van der Waals surface area contributed by atoms with Crippen LogP contribution in [0.2, 0.25) is 0 Å². The van der Waals surface area contributed by atoms with E-state index >= 15 is 0 Å². The van der Waals surface area contributed by atoms with Crippen LogP contribution in [0.3, 0.4) is 0 Å². The van der Waals surface area contributed by atoms with Crippen LogP contribution in [-0.2, 0) is 11.3 Å². The lowest BCUT2D eigenvalue weighted by Gasteiger charge is -2.40. The van der Waals surface area contributed by atoms with Crippen LogP contribution >= 0.6 is 0 Å². The molecule has 0 radical (unpaired) electrons. The van der Waals surface area contributed by atoms with Crippen molar-refractivity contribution in [2.45, 2.75) is 51.3 Å². The Morgan fingerprint density at radius 3 is 3.00 bits per heavy atom. The molecular weight excluding hydrogens is 480 g/mol. The van der Waals surface area contributed by atoms with Crippen LogP contribution in [0.5, 0.6) is 11.5 Å². The Kier molecular flexibility index (Phi) is 7.11. The molecule has 2 aliphatic heterocycles. The van der Waals surface area contributed by atoms with Crippen molar-refractivity contribution < 1.29 is 14.2 Å². The summed E-state index contributed by atoms with van der Waals surface area (Å²) in [7, 11) is 1.76. The van der Waals surface area contributed by atoms with Gasteiger partial charge in [-0.2, -0.15) is 5.21 Å². The summed E-state index contributed by atoms with van der Waals surface area (Å²) in [5, 5.41) is 15.8. The molecule has 38 heavy (non-hydrogen) atoms. The van der Waals surface area contributed by atoms with Crippen LogP contribution in [0.1, 0.15) is 48.4 Å². The summed E-state index contributed by atoms with van der Waals surface area (Å²) >= 11 is 0. The van der Waals surface area contributed by atoms with Crippen molar-refractivity contribution in [1.82, 2.24) is 30.5 Å². The van der Waals surface area contributed by atoms with Gasteiger partial charge in [-0.15, -0.1) is 10.2 Å². The van der Waals surface area contributed by atoms with Gasteiger partial charge in [0.2, 0.25) is 5.82 Å². The minimum absolute atomic E-state index is 0.118. The van der Waals surface area contributed by atoms with Gasteiger partial charge in [-0.05, 0) is 61.6 Å². The van der Waals surface area contributed by atoms with E-state index in [1.165, 1.54) is 16.5 Å². The van der Waals surface area contributed by atoms with Gasteiger partial charge in [0.25, 0.3) is 0 Å². The fourth-order valence-corrected chi connectivity index (χ4v) is 5.75. The van der Waals surface area contributed by atoms with Crippen molar-refractivity contribution in [3.63, 3.8) is 0 Å². The monoisotopic (exact) mass is 514 g/mol. The molecule has 9 nitrogen and oxygen atoms in total. The van der Waals surface area contributed by atoms with E-state index in [2.05, 4.69) is 79.9 Å². The number of fused-ring (bicyclic) bond motifs is 5. The first-order chi connectivity index (χ1) is 18.7. The van der Waals surface area contributed by atoms with Crippen molar-refractivity contribution >= 4 is 10.9 Å². The number of aryl methyl sites for hydroxylation is 1. The third kappa shape index (κ3) is 4.91. The molecule has 0 saturated carbocycles. The Labute approximate surface area is 222 Å². The normalized spacial score (nSPS) is 21.5. The third-order valence-electron chi connectivity index (χ3n) is 7.70. The van der Waals surface area contributed by atoms with Crippen molar-refractivity contribution in [3.8, 4) is 22.9 Å². The number of likely N-dealkylation sites (tertiary alicyclic amines) is 1. The molecule has 198 valence electrons. The van der Waals surface area contributed by atoms with E-state index in [1.807, 2.05) is 6.20 Å². The number of nitrogens with zero attached hydrogens (tertiary/aromatic N) is 4. The van der Waals surface area contributed by atoms with E-state index in [9.17, 15) is 0 Å². The summed E-state index contributed by atoms with van der Waals surface area (Å²) in [4.78, 5) is 5.95. The molecule has 0 amide bonds. The van der Waals surface area contributed by atoms with Crippen molar-refractivity contribution in [2.75, 3.05) is 26.9 Å². The van der Waals surface area contributed by atoms with Gasteiger partial charge in [0.05, 0.1) is 26.4 Å². The topological polar surface area (TPSA) is 101 Å². The second kappa shape index (κ2) is 11.0. The molecule has 0 spiro atoms. The highest BCUT2D eigenvalue weighted by molar-refractivity contribution is 5.88. The standard InChI is InChI=1S/C29H34N6O3/c1-19-15-26(36-2)24(22-9-11-30-28(19)22)18-35-12-10-21-17-25(35)23-8-7-20(29-31-33-34-32-29)16-27(23)38-14-6-4-3-5-13-37-21/h3,5,7-9,11,15-16,21,25,30H,4,6,10,12-14,17-18H2,1-2H3,(H,31,32,33,34)/b5-3-/t21-,25-/m0/s1. The van der Waals surface area contributed by atoms with E-state index in [0.29, 0.717) is 19.0 Å². The van der Waals surface area contributed by atoms with Crippen LogP contribution < -0.4 is 9.47 Å². The van der Waals surface area contributed by atoms with Crippen LogP contribution in [0, 0.1) is 6.92 Å². The highest BCUT2D eigenvalue weighted by Gasteiger charge is 2.33. The lowest BCUT2D eigenvalue weighted by molar-refractivity contribution is -0.00830. The second-order valence-corrected chi connectivity index (χ2v) is 10.1. The van der Waals surface area contributed by atoms with Gasteiger partial charge in [0.15, 0.2) is 0 Å². The number of hydrogen-bond donors (Lipinski definition) is 2. The Morgan fingerprint density at radius 2 is 2.13 bits per heavy atom. The van der Waals surface area contributed by atoms with Gasteiger partial charge >= 0.3 is 0 Å². The third-order valence-corrected chi connectivity index (χ3v) is 7.70. The zero-order valence-corrected chi connectivity index (χ0v) is 21.9. The number of aromatic nitrogens is 5. The van der Waals surface area contributed by atoms with Gasteiger partial charge in [0, 0.05) is 52.9 Å². The van der Waals surface area contributed by atoms with Gasteiger partial charge in [-0.1, -0.05) is 24.3 Å². The van der Waals surface area contributed by atoms with Gasteiger partial charge < -0.3 is 19.2 Å². The summed E-state index contributed by atoms with van der Waals surface area (Å²) in [6.07, 6.45) is 10.3. The number of H-pyrrole nitrogens is 2. The average molecular weight is 515 g/mol. The number of methoxy groups -OCH3 is 1. The highest BCUT2D eigenvalue weighted by atomic mass is 16.5. The molecule has 2 N–H and O–H groups in total. The van der Waals surface area contributed by atoms with Crippen LogP contribution in [0.25, 0.3) is 22.3 Å². The zero-order chi connectivity index (χ0) is 25.9. The number of benzene rings is 2. The van der Waals surface area contributed by atoms with E-state index in [4.69, 9.17) is 14.2 Å². The molecule has 0 unspecified atom stereocenters. The number of aromatic amines is 2. The fraction of sp³-hybridized carbons (Fsp3) is 0.414. The second-order valence-electron chi connectivity index (χ2n) is 10.1. The predicted molar refractivity (Wildman–Crippen MR) is 145 cm³/mol.